The Hall–Kier alpha value is -3.41. The molecule has 132 valence electrons. The van der Waals surface area contributed by atoms with E-state index in [-0.39, 0.29) is 17.0 Å². The molecule has 0 spiro atoms. The Morgan fingerprint density at radius 1 is 1.12 bits per heavy atom. The number of phenols is 1. The van der Waals surface area contributed by atoms with Gasteiger partial charge < -0.3 is 14.7 Å². The molecule has 0 radical (unpaired) electrons. The number of allylic oxidation sites excluding steroid dienone is 2. The fraction of sp³-hybridized carbons (Fsp3) is 0.100. The standard InChI is InChI=1S/C20H16FNO4/c1-12-18(20(25)26-2)19(24)17(11-13-3-9-16(23)10-4-13)22(12)15-7-5-14(21)6-8-15/h3-11,23H,1-2H3. The monoisotopic (exact) mass is 353 g/mol. The molecule has 0 bridgehead atoms. The van der Waals surface area contributed by atoms with Gasteiger partial charge >= 0.3 is 5.97 Å². The SMILES string of the molecule is COC(=O)C1=C(C)N(c2ccc(F)cc2)C(=Cc2ccc(O)cc2)C1=O. The van der Waals surface area contributed by atoms with Gasteiger partial charge in [-0.05, 0) is 55.0 Å². The Kier molecular flexibility index (Phi) is 4.58. The van der Waals surface area contributed by atoms with E-state index in [0.717, 1.165) is 0 Å². The number of aromatic hydroxyl groups is 1. The third kappa shape index (κ3) is 3.09. The average Bonchev–Trinajstić information content (AvgIpc) is 2.87. The maximum atomic E-state index is 13.3. The molecule has 1 aliphatic rings. The number of phenolic OH excluding ortho intramolecular Hbond substituents is 1. The zero-order chi connectivity index (χ0) is 18.8. The topological polar surface area (TPSA) is 66.8 Å². The van der Waals surface area contributed by atoms with Gasteiger partial charge in [0.25, 0.3) is 0 Å². The number of hydrogen-bond donors (Lipinski definition) is 1. The number of Topliss-reactive ketones (excluding diaryl/α,β-unsaturated/α-hetero) is 1. The number of halogens is 1. The summed E-state index contributed by atoms with van der Waals surface area (Å²) in [6, 6.07) is 11.9. The van der Waals surface area contributed by atoms with E-state index in [1.54, 1.807) is 30.0 Å². The number of ether oxygens (including phenoxy) is 1. The molecule has 5 nitrogen and oxygen atoms in total. The van der Waals surface area contributed by atoms with Crippen LogP contribution >= 0.6 is 0 Å². The van der Waals surface area contributed by atoms with Crippen LogP contribution in [0.5, 0.6) is 5.75 Å². The molecule has 26 heavy (non-hydrogen) atoms. The van der Waals surface area contributed by atoms with Crippen molar-refractivity contribution in [2.75, 3.05) is 12.0 Å². The van der Waals surface area contributed by atoms with Gasteiger partial charge in [0.15, 0.2) is 0 Å². The zero-order valence-electron chi connectivity index (χ0n) is 14.2. The highest BCUT2D eigenvalue weighted by atomic mass is 19.1. The fourth-order valence-electron chi connectivity index (χ4n) is 2.81. The highest BCUT2D eigenvalue weighted by molar-refractivity contribution is 6.30. The molecule has 3 rings (SSSR count). The van der Waals surface area contributed by atoms with E-state index in [9.17, 15) is 19.1 Å². The summed E-state index contributed by atoms with van der Waals surface area (Å²) in [5, 5.41) is 9.41. The molecule has 6 heteroatoms. The lowest BCUT2D eigenvalue weighted by Crippen LogP contribution is -2.18. The second-order valence-electron chi connectivity index (χ2n) is 5.71. The van der Waals surface area contributed by atoms with Gasteiger partial charge in [-0.15, -0.1) is 0 Å². The molecule has 2 aromatic rings. The van der Waals surface area contributed by atoms with Crippen molar-refractivity contribution in [3.05, 3.63) is 76.9 Å². The van der Waals surface area contributed by atoms with Crippen molar-refractivity contribution >= 4 is 23.5 Å². The number of anilines is 1. The summed E-state index contributed by atoms with van der Waals surface area (Å²) in [5.41, 5.74) is 1.78. The van der Waals surface area contributed by atoms with Crippen LogP contribution in [0.2, 0.25) is 0 Å². The molecule has 0 atom stereocenters. The molecule has 2 aromatic carbocycles. The predicted octanol–water partition coefficient (Wildman–Crippen LogP) is 3.41. The van der Waals surface area contributed by atoms with E-state index in [1.165, 1.54) is 43.5 Å². The van der Waals surface area contributed by atoms with E-state index in [0.29, 0.717) is 16.9 Å². The molecule has 1 N–H and O–H groups in total. The minimum absolute atomic E-state index is 0.0677. The summed E-state index contributed by atoms with van der Waals surface area (Å²) in [6.45, 7) is 1.63. The number of benzene rings is 2. The van der Waals surface area contributed by atoms with Crippen LogP contribution in [-0.4, -0.2) is 24.0 Å². The normalized spacial score (nSPS) is 15.7. The number of esters is 1. The lowest BCUT2D eigenvalue weighted by atomic mass is 10.1. The molecular formula is C20H16FNO4. The lowest BCUT2D eigenvalue weighted by Gasteiger charge is -2.21. The van der Waals surface area contributed by atoms with E-state index in [1.807, 2.05) is 0 Å². The molecule has 1 aliphatic heterocycles. The maximum Gasteiger partial charge on any atom is 0.343 e. The van der Waals surface area contributed by atoms with Crippen LogP contribution in [0.4, 0.5) is 10.1 Å². The minimum atomic E-state index is -0.728. The van der Waals surface area contributed by atoms with E-state index in [2.05, 4.69) is 0 Å². The lowest BCUT2D eigenvalue weighted by molar-refractivity contribution is -0.137. The summed E-state index contributed by atoms with van der Waals surface area (Å²) in [5.74, 6) is -1.51. The quantitative estimate of drug-likeness (QED) is 0.520. The smallest absolute Gasteiger partial charge is 0.343 e. The van der Waals surface area contributed by atoms with Crippen LogP contribution in [0.1, 0.15) is 12.5 Å². The summed E-state index contributed by atoms with van der Waals surface area (Å²) >= 11 is 0. The van der Waals surface area contributed by atoms with E-state index < -0.39 is 17.6 Å². The first kappa shape index (κ1) is 17.4. The van der Waals surface area contributed by atoms with Crippen LogP contribution < -0.4 is 4.90 Å². The summed E-state index contributed by atoms with van der Waals surface area (Å²) in [7, 11) is 1.21. The average molecular weight is 353 g/mol. The number of carbonyl (C=O) groups is 2. The molecule has 0 unspecified atom stereocenters. The summed E-state index contributed by atoms with van der Waals surface area (Å²) in [6.07, 6.45) is 1.60. The molecule has 1 heterocycles. The van der Waals surface area contributed by atoms with Gasteiger partial charge in [0, 0.05) is 11.4 Å². The molecule has 0 amide bonds. The van der Waals surface area contributed by atoms with Crippen molar-refractivity contribution in [3.8, 4) is 5.75 Å². The van der Waals surface area contributed by atoms with Crippen molar-refractivity contribution < 1.29 is 23.8 Å². The van der Waals surface area contributed by atoms with Gasteiger partial charge in [-0.1, -0.05) is 12.1 Å². The molecule has 0 saturated carbocycles. The van der Waals surface area contributed by atoms with Gasteiger partial charge in [-0.3, -0.25) is 4.79 Å². The van der Waals surface area contributed by atoms with E-state index >= 15 is 0 Å². The second-order valence-corrected chi connectivity index (χ2v) is 5.71. The predicted molar refractivity (Wildman–Crippen MR) is 94.7 cm³/mol. The van der Waals surface area contributed by atoms with Gasteiger partial charge in [0.05, 0.1) is 12.8 Å². The minimum Gasteiger partial charge on any atom is -0.508 e. The van der Waals surface area contributed by atoms with Crippen molar-refractivity contribution in [2.45, 2.75) is 6.92 Å². The van der Waals surface area contributed by atoms with Gasteiger partial charge in [-0.25, -0.2) is 9.18 Å². The Labute approximate surface area is 149 Å². The van der Waals surface area contributed by atoms with Gasteiger partial charge in [0.1, 0.15) is 17.1 Å². The van der Waals surface area contributed by atoms with Crippen LogP contribution in [0.15, 0.2) is 65.5 Å². The van der Waals surface area contributed by atoms with Gasteiger partial charge in [-0.2, -0.15) is 0 Å². The summed E-state index contributed by atoms with van der Waals surface area (Å²) in [4.78, 5) is 26.5. The highest BCUT2D eigenvalue weighted by Crippen LogP contribution is 2.35. The number of carbonyl (C=O) groups excluding carboxylic acids is 2. The Bertz CT molecular complexity index is 927. The number of nitrogens with zero attached hydrogens (tertiary/aromatic N) is 1. The van der Waals surface area contributed by atoms with E-state index in [4.69, 9.17) is 4.74 Å². The first-order chi connectivity index (χ1) is 12.4. The second kappa shape index (κ2) is 6.84. The first-order valence-electron chi connectivity index (χ1n) is 7.82. The number of hydrogen-bond acceptors (Lipinski definition) is 5. The van der Waals surface area contributed by atoms with Crippen molar-refractivity contribution in [1.82, 2.24) is 0 Å². The number of rotatable bonds is 3. The first-order valence-corrected chi connectivity index (χ1v) is 7.82. The van der Waals surface area contributed by atoms with Crippen LogP contribution in [-0.2, 0) is 14.3 Å². The summed E-state index contributed by atoms with van der Waals surface area (Å²) < 4.78 is 18.0. The third-order valence-corrected chi connectivity index (χ3v) is 4.07. The van der Waals surface area contributed by atoms with Crippen LogP contribution in [0, 0.1) is 5.82 Å². The number of methoxy groups -OCH3 is 1. The maximum absolute atomic E-state index is 13.3. The van der Waals surface area contributed by atoms with Crippen molar-refractivity contribution in [1.29, 1.82) is 0 Å². The Morgan fingerprint density at radius 3 is 2.31 bits per heavy atom. The Morgan fingerprint density at radius 2 is 1.73 bits per heavy atom. The largest absolute Gasteiger partial charge is 0.508 e. The van der Waals surface area contributed by atoms with Crippen LogP contribution in [0.3, 0.4) is 0 Å². The number of ketones is 1. The highest BCUT2D eigenvalue weighted by Gasteiger charge is 2.38. The molecule has 0 fully saturated rings. The third-order valence-electron chi connectivity index (χ3n) is 4.07. The van der Waals surface area contributed by atoms with Crippen molar-refractivity contribution in [2.24, 2.45) is 0 Å². The molecule has 0 aliphatic carbocycles. The fourth-order valence-corrected chi connectivity index (χ4v) is 2.81. The zero-order valence-corrected chi connectivity index (χ0v) is 14.2. The van der Waals surface area contributed by atoms with Crippen molar-refractivity contribution in [3.63, 3.8) is 0 Å². The Balaban J connectivity index is 2.14. The molecule has 0 saturated heterocycles. The van der Waals surface area contributed by atoms with Gasteiger partial charge in [0.2, 0.25) is 5.78 Å². The molecule has 0 aromatic heterocycles. The van der Waals surface area contributed by atoms with Crippen LogP contribution in [0.25, 0.3) is 6.08 Å². The molecular weight excluding hydrogens is 337 g/mol.